The largest absolute Gasteiger partial charge is 0.445 e. The van der Waals surface area contributed by atoms with Crippen LogP contribution in [0.5, 0.6) is 0 Å². The second kappa shape index (κ2) is 12.1. The molecule has 0 bridgehead atoms. The van der Waals surface area contributed by atoms with Crippen molar-refractivity contribution in [1.82, 2.24) is 4.90 Å². The van der Waals surface area contributed by atoms with E-state index in [4.69, 9.17) is 9.47 Å². The standard InChI is InChI=1S/C25H31BrINO4/c1-24(2,18-28(4)23(30)31-17-19-9-6-5-7-10-19)32-14-13-25(3,22(29)16-26)20-11-8-12-21(27)15-20/h5-12,15H,13-14,16-18H2,1-4H3. The molecule has 0 heterocycles. The normalized spacial score (nSPS) is 13.3. The average Bonchev–Trinajstić information content (AvgIpc) is 2.76. The van der Waals surface area contributed by atoms with Crippen molar-refractivity contribution in [3.63, 3.8) is 0 Å². The monoisotopic (exact) mass is 615 g/mol. The van der Waals surface area contributed by atoms with Crippen LogP contribution in [0.2, 0.25) is 0 Å². The summed E-state index contributed by atoms with van der Waals surface area (Å²) in [7, 11) is 1.70. The van der Waals surface area contributed by atoms with Crippen LogP contribution in [0.4, 0.5) is 4.79 Å². The maximum atomic E-state index is 12.8. The fourth-order valence-electron chi connectivity index (χ4n) is 3.47. The Morgan fingerprint density at radius 3 is 2.38 bits per heavy atom. The minimum absolute atomic E-state index is 0.113. The number of nitrogens with zero attached hydrogens (tertiary/aromatic N) is 1. The van der Waals surface area contributed by atoms with E-state index in [1.807, 2.05) is 75.4 Å². The molecule has 5 nitrogen and oxygen atoms in total. The second-order valence-corrected chi connectivity index (χ2v) is 10.5. The van der Waals surface area contributed by atoms with E-state index in [2.05, 4.69) is 38.5 Å². The number of halogens is 2. The van der Waals surface area contributed by atoms with Crippen LogP contribution in [0.3, 0.4) is 0 Å². The summed E-state index contributed by atoms with van der Waals surface area (Å²) in [5.41, 5.74) is 0.679. The van der Waals surface area contributed by atoms with Gasteiger partial charge in [-0.2, -0.15) is 0 Å². The second-order valence-electron chi connectivity index (χ2n) is 8.65. The molecule has 2 aromatic rings. The van der Waals surface area contributed by atoms with Crippen molar-refractivity contribution in [2.75, 3.05) is 25.5 Å². The van der Waals surface area contributed by atoms with Gasteiger partial charge in [-0.1, -0.05) is 58.4 Å². The highest BCUT2D eigenvalue weighted by atomic mass is 127. The molecule has 7 heteroatoms. The molecule has 174 valence electrons. The number of Topliss-reactive ketones (excluding diaryl/α,β-unsaturated/α-hetero) is 1. The Bertz CT molecular complexity index is 906. The van der Waals surface area contributed by atoms with Crippen LogP contribution >= 0.6 is 38.5 Å². The van der Waals surface area contributed by atoms with Gasteiger partial charge in [0.1, 0.15) is 6.61 Å². The van der Waals surface area contributed by atoms with E-state index in [1.54, 1.807) is 7.05 Å². The molecule has 0 aromatic heterocycles. The molecule has 0 aliphatic rings. The van der Waals surface area contributed by atoms with E-state index in [1.165, 1.54) is 4.90 Å². The van der Waals surface area contributed by atoms with E-state index in [9.17, 15) is 9.59 Å². The summed E-state index contributed by atoms with van der Waals surface area (Å²) in [6, 6.07) is 17.6. The first-order valence-corrected chi connectivity index (χ1v) is 12.7. The third-order valence-electron chi connectivity index (χ3n) is 5.43. The van der Waals surface area contributed by atoms with Crippen LogP contribution in [-0.4, -0.2) is 47.9 Å². The maximum Gasteiger partial charge on any atom is 0.409 e. The maximum absolute atomic E-state index is 12.8. The number of carbonyl (C=O) groups excluding carboxylic acids is 2. The smallest absolute Gasteiger partial charge is 0.409 e. The third kappa shape index (κ3) is 7.85. The van der Waals surface area contributed by atoms with Gasteiger partial charge in [-0.25, -0.2) is 4.79 Å². The molecule has 0 radical (unpaired) electrons. The molecular formula is C25H31BrINO4. The van der Waals surface area contributed by atoms with Gasteiger partial charge in [0.25, 0.3) is 0 Å². The zero-order chi connectivity index (χ0) is 23.8. The SMILES string of the molecule is CN(CC(C)(C)OCCC(C)(C(=O)CBr)c1cccc(I)c1)C(=O)OCc1ccccc1. The molecule has 1 atom stereocenters. The van der Waals surface area contributed by atoms with Crippen molar-refractivity contribution < 1.29 is 19.1 Å². The lowest BCUT2D eigenvalue weighted by Crippen LogP contribution is -2.43. The zero-order valence-electron chi connectivity index (χ0n) is 19.1. The van der Waals surface area contributed by atoms with E-state index < -0.39 is 17.1 Å². The lowest BCUT2D eigenvalue weighted by atomic mass is 9.76. The number of alkyl halides is 1. The summed E-state index contributed by atoms with van der Waals surface area (Å²) in [5, 5.41) is 0.286. The molecule has 0 aliphatic carbocycles. The minimum atomic E-state index is -0.652. The van der Waals surface area contributed by atoms with Crippen molar-refractivity contribution in [2.24, 2.45) is 0 Å². The molecule has 1 unspecified atom stereocenters. The Morgan fingerprint density at radius 1 is 1.06 bits per heavy atom. The van der Waals surface area contributed by atoms with E-state index >= 15 is 0 Å². The summed E-state index contributed by atoms with van der Waals surface area (Å²) in [6.07, 6.45) is 0.145. The molecule has 0 saturated carbocycles. The predicted octanol–water partition coefficient (Wildman–Crippen LogP) is 5.97. The number of ketones is 1. The highest BCUT2D eigenvalue weighted by molar-refractivity contribution is 14.1. The third-order valence-corrected chi connectivity index (χ3v) is 6.61. The number of hydrogen-bond donors (Lipinski definition) is 0. The van der Waals surface area contributed by atoms with Crippen LogP contribution in [0.1, 0.15) is 38.3 Å². The highest BCUT2D eigenvalue weighted by Gasteiger charge is 2.35. The molecule has 0 fully saturated rings. The molecular weight excluding hydrogens is 585 g/mol. The van der Waals surface area contributed by atoms with Gasteiger partial charge < -0.3 is 14.4 Å². The Hall–Kier alpha value is -1.45. The van der Waals surface area contributed by atoms with Gasteiger partial charge in [0, 0.05) is 17.2 Å². The number of benzene rings is 2. The first-order chi connectivity index (χ1) is 15.1. The van der Waals surface area contributed by atoms with Crippen LogP contribution in [0, 0.1) is 3.57 Å². The number of hydrogen-bond acceptors (Lipinski definition) is 4. The molecule has 1 amide bonds. The summed E-state index contributed by atoms with van der Waals surface area (Å²) >= 11 is 5.59. The zero-order valence-corrected chi connectivity index (χ0v) is 22.8. The van der Waals surface area contributed by atoms with Crippen LogP contribution < -0.4 is 0 Å². The molecule has 2 rings (SSSR count). The van der Waals surface area contributed by atoms with E-state index in [0.29, 0.717) is 19.6 Å². The lowest BCUT2D eigenvalue weighted by molar-refractivity contribution is -0.123. The van der Waals surface area contributed by atoms with Gasteiger partial charge in [-0.3, -0.25) is 4.79 Å². The van der Waals surface area contributed by atoms with Gasteiger partial charge in [-0.15, -0.1) is 0 Å². The minimum Gasteiger partial charge on any atom is -0.445 e. The van der Waals surface area contributed by atoms with Gasteiger partial charge >= 0.3 is 6.09 Å². The molecule has 2 aromatic carbocycles. The van der Waals surface area contributed by atoms with Crippen LogP contribution in [-0.2, 0) is 26.3 Å². The molecule has 32 heavy (non-hydrogen) atoms. The van der Waals surface area contributed by atoms with Crippen LogP contribution in [0.25, 0.3) is 0 Å². The fourth-order valence-corrected chi connectivity index (χ4v) is 4.63. The Morgan fingerprint density at radius 2 is 1.75 bits per heavy atom. The van der Waals surface area contributed by atoms with Crippen molar-refractivity contribution in [3.05, 3.63) is 69.3 Å². The van der Waals surface area contributed by atoms with E-state index in [0.717, 1.165) is 14.7 Å². The van der Waals surface area contributed by atoms with Crippen molar-refractivity contribution in [1.29, 1.82) is 0 Å². The van der Waals surface area contributed by atoms with Crippen LogP contribution in [0.15, 0.2) is 54.6 Å². The summed E-state index contributed by atoms with van der Waals surface area (Å²) < 4.78 is 12.6. The fraction of sp³-hybridized carbons (Fsp3) is 0.440. The predicted molar refractivity (Wildman–Crippen MR) is 139 cm³/mol. The van der Waals surface area contributed by atoms with Crippen molar-refractivity contribution in [3.8, 4) is 0 Å². The molecule has 0 spiro atoms. The average molecular weight is 616 g/mol. The number of amides is 1. The highest BCUT2D eigenvalue weighted by Crippen LogP contribution is 2.31. The van der Waals surface area contributed by atoms with Crippen molar-refractivity contribution in [2.45, 2.75) is 44.8 Å². The molecule has 0 saturated heterocycles. The van der Waals surface area contributed by atoms with Gasteiger partial charge in [0.2, 0.25) is 0 Å². The summed E-state index contributed by atoms with van der Waals surface area (Å²) in [6.45, 7) is 6.82. The Labute approximate surface area is 213 Å². The Kier molecular flexibility index (Phi) is 10.2. The number of carbonyl (C=O) groups is 2. The number of ether oxygens (including phenoxy) is 2. The first-order valence-electron chi connectivity index (χ1n) is 10.5. The van der Waals surface area contributed by atoms with Crippen molar-refractivity contribution >= 4 is 50.4 Å². The lowest BCUT2D eigenvalue weighted by Gasteiger charge is -2.33. The summed E-state index contributed by atoms with van der Waals surface area (Å²) in [4.78, 5) is 26.7. The Balaban J connectivity index is 1.92. The van der Waals surface area contributed by atoms with Gasteiger partial charge in [-0.05, 0) is 73.0 Å². The summed E-state index contributed by atoms with van der Waals surface area (Å²) in [5.74, 6) is 0.113. The quantitative estimate of drug-likeness (QED) is 0.231. The topological polar surface area (TPSA) is 55.8 Å². The van der Waals surface area contributed by atoms with Gasteiger partial charge in [0.05, 0.1) is 22.9 Å². The number of rotatable bonds is 11. The van der Waals surface area contributed by atoms with E-state index in [-0.39, 0.29) is 17.7 Å². The first kappa shape index (κ1) is 26.8. The molecule has 0 aliphatic heterocycles. The molecule has 0 N–H and O–H groups in total. The number of likely N-dealkylation sites (N-methyl/N-ethyl adjacent to an activating group) is 1. The van der Waals surface area contributed by atoms with Gasteiger partial charge in [0.15, 0.2) is 5.78 Å².